The molecule has 0 saturated heterocycles. The van der Waals surface area contributed by atoms with Gasteiger partial charge in [0.1, 0.15) is 11.2 Å². The smallest absolute Gasteiger partial charge is 0.238 e. The first-order valence-corrected chi connectivity index (χ1v) is 27.4. The summed E-state index contributed by atoms with van der Waals surface area (Å²) in [5.74, 6) is -3.06. The molecule has 5 aromatic heterocycles. The van der Waals surface area contributed by atoms with E-state index in [9.17, 15) is 34.3 Å². The minimum Gasteiger partial charge on any atom is -0.455 e. The summed E-state index contributed by atoms with van der Waals surface area (Å²) in [5, 5.41) is -3.89. The van der Waals surface area contributed by atoms with Crippen molar-refractivity contribution in [2.75, 3.05) is 0 Å². The summed E-state index contributed by atoms with van der Waals surface area (Å²) >= 11 is 0. The van der Waals surface area contributed by atoms with Crippen LogP contribution in [0.4, 0.5) is 0 Å². The molecule has 0 unspecified atom stereocenters. The number of aromatic nitrogens is 6. The van der Waals surface area contributed by atoms with E-state index in [0.717, 1.165) is 13.7 Å². The summed E-state index contributed by atoms with van der Waals surface area (Å²) in [4.78, 5) is 14.7. The second-order valence-electron chi connectivity index (χ2n) is 18.9. The molecule has 0 atom stereocenters. The molecule has 0 bridgehead atoms. The van der Waals surface area contributed by atoms with Gasteiger partial charge in [-0.2, -0.15) is 9.97 Å². The quantitative estimate of drug-likeness (QED) is 0.107. The number of furan rings is 1. The maximum absolute atomic E-state index is 11.1. The van der Waals surface area contributed by atoms with Crippen LogP contribution in [0, 0.1) is 0 Å². The molecule has 83 heavy (non-hydrogen) atoms. The Kier molecular flexibility index (Phi) is 5.47. The van der Waals surface area contributed by atoms with Crippen LogP contribution < -0.4 is 20.7 Å². The van der Waals surface area contributed by atoms with Crippen LogP contribution in [0.15, 0.2) is 295 Å². The number of fused-ring (bicyclic) bond motifs is 13. The van der Waals surface area contributed by atoms with Gasteiger partial charge in [-0.15, -0.1) is 0 Å². The molecule has 12 aromatic carbocycles. The lowest BCUT2D eigenvalue weighted by Crippen LogP contribution is -2.74. The Morgan fingerprint density at radius 3 is 1.52 bits per heavy atom. The van der Waals surface area contributed by atoms with Crippen LogP contribution in [-0.2, 0) is 0 Å². The Balaban J connectivity index is 1.10. The normalized spacial score (nSPS) is 17.8. The summed E-state index contributed by atoms with van der Waals surface area (Å²) < 4.78 is 335. The van der Waals surface area contributed by atoms with E-state index in [2.05, 4.69) is 0 Å². The number of para-hydroxylation sites is 7. The third-order valence-electron chi connectivity index (χ3n) is 14.6. The highest BCUT2D eigenvalue weighted by Gasteiger charge is 2.42. The molecular weight excluding hydrogens is 1030 g/mol. The number of rotatable bonds is 9. The van der Waals surface area contributed by atoms with E-state index < -0.39 is 324 Å². The van der Waals surface area contributed by atoms with Crippen molar-refractivity contribution in [3.63, 3.8) is 0 Å². The van der Waals surface area contributed by atoms with Crippen LogP contribution >= 0.6 is 0 Å². The third-order valence-corrected chi connectivity index (χ3v) is 19.0. The second-order valence-corrected chi connectivity index (χ2v) is 22.5. The van der Waals surface area contributed by atoms with Crippen LogP contribution in [0.5, 0.6) is 0 Å². The molecule has 0 N–H and O–H groups in total. The Morgan fingerprint density at radius 1 is 0.349 bits per heavy atom. The van der Waals surface area contributed by atoms with E-state index in [1.165, 1.54) is 54.6 Å². The van der Waals surface area contributed by atoms with E-state index in [0.29, 0.717) is 0 Å². The van der Waals surface area contributed by atoms with Crippen molar-refractivity contribution in [3.8, 4) is 40.1 Å². The molecule has 0 aliphatic rings. The highest BCUT2D eigenvalue weighted by Crippen LogP contribution is 2.42. The van der Waals surface area contributed by atoms with Gasteiger partial charge < -0.3 is 13.6 Å². The summed E-state index contributed by atoms with van der Waals surface area (Å²) in [6.45, 7) is 0. The van der Waals surface area contributed by atoms with E-state index in [1.54, 1.807) is 30.3 Å². The van der Waals surface area contributed by atoms with E-state index in [4.69, 9.17) is 31.7 Å². The molecule has 5 heterocycles. The number of nitrogens with zero attached hydrogens (tertiary/aromatic N) is 6. The lowest BCUT2D eigenvalue weighted by atomic mass is 10.1. The van der Waals surface area contributed by atoms with Crippen molar-refractivity contribution >= 4 is 116 Å². The molecule has 0 aliphatic carbocycles. The van der Waals surface area contributed by atoms with Crippen molar-refractivity contribution in [2.45, 2.75) is 0 Å². The van der Waals surface area contributed by atoms with E-state index >= 15 is 0 Å². The Hall–Kier alpha value is -10.9. The Labute approximate surface area is 525 Å². The van der Waals surface area contributed by atoms with Crippen LogP contribution in [-0.4, -0.2) is 36.7 Å². The summed E-state index contributed by atoms with van der Waals surface area (Å²) in [7, 11) is -5.50. The van der Waals surface area contributed by atoms with Gasteiger partial charge >= 0.3 is 0 Å². The van der Waals surface area contributed by atoms with Crippen molar-refractivity contribution in [1.82, 2.24) is 28.7 Å². The summed E-state index contributed by atoms with van der Waals surface area (Å²) in [6.07, 6.45) is 0. The first-order chi connectivity index (χ1) is 55.3. The fraction of sp³-hybridized carbons (Fsp3) is 0. The molecule has 0 fully saturated rings. The molecule has 0 radical (unpaired) electrons. The highest BCUT2D eigenvalue weighted by atomic mass is 28.3. The lowest BCUT2D eigenvalue weighted by Gasteiger charge is -2.35. The lowest BCUT2D eigenvalue weighted by molar-refractivity contribution is 0.673. The SMILES string of the molecule is [2H]c1c([2H])c([2H])c(-n2c3c([2H])c([2H])c([2H])c([2H])c3c3c([2H])c([2H])c([2H])c([2H])c32)c(-c2nc(-c3c([2H])c([2H])c([2H])c([Si](c4ccccc4)(c4ccccc4)c4c([2H])c([2H])c([2H])c(-n5c6c([2H])c([2H])c([2H])c([2H])c6c6c([2H])c([2H])c([2H])c([2H])c65)c4[2H])c3[2H])nc(-n3c4c([2H])c([2H])c([2H])c([2H])c4c4c5oc6ccccc6c5c([2H])c([2H])c43)n2)c1[2H]. The van der Waals surface area contributed by atoms with Crippen molar-refractivity contribution < 1.29 is 51.0 Å². The zero-order valence-electron chi connectivity index (χ0n) is 76.2. The average molecular weight is 1110 g/mol. The van der Waals surface area contributed by atoms with Gasteiger partial charge in [0.25, 0.3) is 0 Å². The zero-order chi connectivity index (χ0) is 84.2. The standard InChI is InChI=1S/C75H48N6OSi/c1-3-25-51(26-4-1)83(52-27-5-2-6-28-52,54-30-22-24-50(48-54)79-63-38-14-7-31-55(63)56-32-8-15-39-64(56)79)53-29-21-23-49(47-53)73-76-74(62-37-12-19-43-68(62)80-65-40-16-9-33-57(65)58-34-10-17-41-66(58)80)78-75(77-73)81-67-42-18-11-36-61(67)71-69(81)46-45-60-59-35-13-20-44-70(59)82-72(60)71/h1-48H/i7D,8D,9D,10D,11D,12D,14D,15D,16D,17D,18D,19D,21D,22D,23D,24D,29D,30D,31D,32D,33D,34D,36D,37D,38D,39D,40D,41D,42D,43D,45D,46D,47D,48D. The number of benzene rings is 12. The molecule has 7 nitrogen and oxygen atoms in total. The first kappa shape index (κ1) is 24.4. The molecule has 388 valence electrons. The van der Waals surface area contributed by atoms with Crippen molar-refractivity contribution in [2.24, 2.45) is 0 Å². The van der Waals surface area contributed by atoms with Crippen LogP contribution in [0.3, 0.4) is 0 Å². The van der Waals surface area contributed by atoms with Gasteiger partial charge in [-0.25, -0.2) is 4.98 Å². The van der Waals surface area contributed by atoms with Gasteiger partial charge in [0, 0.05) is 54.5 Å². The van der Waals surface area contributed by atoms with Gasteiger partial charge in [-0.1, -0.05) is 218 Å². The van der Waals surface area contributed by atoms with Crippen LogP contribution in [0.2, 0.25) is 0 Å². The second kappa shape index (κ2) is 18.6. The third kappa shape index (κ3) is 7.06. The fourth-order valence-electron chi connectivity index (χ4n) is 11.1. The summed E-state index contributed by atoms with van der Waals surface area (Å²) in [6, 6.07) is -10.7. The van der Waals surface area contributed by atoms with Crippen molar-refractivity contribution in [3.05, 3.63) is 290 Å². The van der Waals surface area contributed by atoms with Gasteiger partial charge in [-0.05, 0) is 93.3 Å². The molecular formula is C75H48N6OSi. The largest absolute Gasteiger partial charge is 0.455 e. The predicted molar refractivity (Wildman–Crippen MR) is 345 cm³/mol. The molecule has 0 saturated carbocycles. The first-order valence-electron chi connectivity index (χ1n) is 42.4. The van der Waals surface area contributed by atoms with Crippen LogP contribution in [0.25, 0.3) is 127 Å². The Morgan fingerprint density at radius 2 is 0.867 bits per heavy atom. The van der Waals surface area contributed by atoms with Gasteiger partial charge in [-0.3, -0.25) is 4.57 Å². The predicted octanol–water partition coefficient (Wildman–Crippen LogP) is 15.8. The van der Waals surface area contributed by atoms with Gasteiger partial charge in [0.05, 0.1) is 90.8 Å². The van der Waals surface area contributed by atoms with E-state index in [1.807, 2.05) is 0 Å². The average Bonchev–Trinajstić information content (AvgIpc) is 1.65. The highest BCUT2D eigenvalue weighted by molar-refractivity contribution is 7.20. The fourth-order valence-corrected chi connectivity index (χ4v) is 15.4. The number of hydrogen-bond acceptors (Lipinski definition) is 4. The van der Waals surface area contributed by atoms with Gasteiger partial charge in [0.15, 0.2) is 19.7 Å². The zero-order valence-corrected chi connectivity index (χ0v) is 43.2. The molecule has 17 rings (SSSR count). The maximum Gasteiger partial charge on any atom is 0.238 e. The number of hydrogen-bond donors (Lipinski definition) is 0. The van der Waals surface area contributed by atoms with Crippen LogP contribution in [0.1, 0.15) is 46.6 Å². The molecule has 8 heteroatoms. The maximum atomic E-state index is 11.1. The summed E-state index contributed by atoms with van der Waals surface area (Å²) in [5.41, 5.74) is -7.51. The minimum atomic E-state index is -5.50. The molecule has 0 spiro atoms. The van der Waals surface area contributed by atoms with Gasteiger partial charge in [0.2, 0.25) is 5.95 Å². The molecule has 17 aromatic rings. The van der Waals surface area contributed by atoms with E-state index in [-0.39, 0.29) is 37.7 Å². The molecule has 0 aliphatic heterocycles. The molecule has 0 amide bonds. The Bertz CT molecular complexity index is 7320. The van der Waals surface area contributed by atoms with Crippen molar-refractivity contribution in [1.29, 1.82) is 0 Å². The topological polar surface area (TPSA) is 66.6 Å². The minimum absolute atomic E-state index is 0.00646. The monoisotopic (exact) mass is 1110 g/mol.